The molecule has 0 aliphatic carbocycles. The van der Waals surface area contributed by atoms with Crippen LogP contribution in [0.5, 0.6) is 0 Å². The molecule has 2 heterocycles. The van der Waals surface area contributed by atoms with Crippen molar-refractivity contribution in [2.24, 2.45) is 0 Å². The fraction of sp³-hybridized carbons (Fsp3) is 0.412. The van der Waals surface area contributed by atoms with Crippen molar-refractivity contribution in [3.8, 4) is 11.3 Å². The van der Waals surface area contributed by atoms with Crippen LogP contribution in [0.4, 0.5) is 5.69 Å². The summed E-state index contributed by atoms with van der Waals surface area (Å²) >= 11 is 0. The Balaban J connectivity index is 1.75. The van der Waals surface area contributed by atoms with Crippen LogP contribution in [-0.4, -0.2) is 47.1 Å². The Morgan fingerprint density at radius 2 is 1.86 bits per heavy atom. The molecular weight excluding hydrogens is 260 g/mol. The Morgan fingerprint density at radius 3 is 2.52 bits per heavy atom. The van der Waals surface area contributed by atoms with Gasteiger partial charge in [-0.1, -0.05) is 12.1 Å². The number of anilines is 1. The SMILES string of the molecule is CC(C)N1CCN(c2cccc(-c3cnccn3)c2)CC1. The van der Waals surface area contributed by atoms with Gasteiger partial charge in [-0.25, -0.2) is 0 Å². The van der Waals surface area contributed by atoms with Gasteiger partial charge in [0.1, 0.15) is 0 Å². The minimum atomic E-state index is 0.637. The van der Waals surface area contributed by atoms with Crippen molar-refractivity contribution in [2.75, 3.05) is 31.1 Å². The Kier molecular flexibility index (Phi) is 4.15. The van der Waals surface area contributed by atoms with E-state index in [0.29, 0.717) is 6.04 Å². The molecular formula is C17H22N4. The topological polar surface area (TPSA) is 32.3 Å². The van der Waals surface area contributed by atoms with Crippen LogP contribution in [-0.2, 0) is 0 Å². The molecule has 0 bridgehead atoms. The summed E-state index contributed by atoms with van der Waals surface area (Å²) in [4.78, 5) is 13.5. The molecule has 1 aliphatic heterocycles. The van der Waals surface area contributed by atoms with Crippen LogP contribution in [0, 0.1) is 0 Å². The van der Waals surface area contributed by atoms with E-state index < -0.39 is 0 Å². The molecule has 3 rings (SSSR count). The Morgan fingerprint density at radius 1 is 1.05 bits per heavy atom. The predicted molar refractivity (Wildman–Crippen MR) is 86.4 cm³/mol. The van der Waals surface area contributed by atoms with E-state index >= 15 is 0 Å². The zero-order valence-corrected chi connectivity index (χ0v) is 12.7. The molecule has 1 aromatic carbocycles. The molecule has 0 radical (unpaired) electrons. The number of nitrogens with zero attached hydrogens (tertiary/aromatic N) is 4. The van der Waals surface area contributed by atoms with Crippen molar-refractivity contribution < 1.29 is 0 Å². The van der Waals surface area contributed by atoms with Crippen LogP contribution in [0.15, 0.2) is 42.9 Å². The average Bonchev–Trinajstić information content (AvgIpc) is 2.56. The summed E-state index contributed by atoms with van der Waals surface area (Å²) in [6.07, 6.45) is 5.26. The summed E-state index contributed by atoms with van der Waals surface area (Å²) in [7, 11) is 0. The number of aromatic nitrogens is 2. The van der Waals surface area contributed by atoms with Crippen LogP contribution in [0.25, 0.3) is 11.3 Å². The molecule has 1 aromatic heterocycles. The van der Waals surface area contributed by atoms with E-state index in [-0.39, 0.29) is 0 Å². The van der Waals surface area contributed by atoms with Crippen LogP contribution in [0.1, 0.15) is 13.8 Å². The van der Waals surface area contributed by atoms with E-state index in [1.807, 2.05) is 6.20 Å². The number of rotatable bonds is 3. The zero-order valence-electron chi connectivity index (χ0n) is 12.7. The van der Waals surface area contributed by atoms with E-state index in [9.17, 15) is 0 Å². The highest BCUT2D eigenvalue weighted by atomic mass is 15.3. The van der Waals surface area contributed by atoms with Gasteiger partial charge in [0.25, 0.3) is 0 Å². The third-order valence-electron chi connectivity index (χ3n) is 4.11. The Bertz CT molecular complexity index is 574. The molecule has 0 amide bonds. The van der Waals surface area contributed by atoms with E-state index in [1.165, 1.54) is 5.69 Å². The number of piperazine rings is 1. The first-order valence-corrected chi connectivity index (χ1v) is 7.59. The van der Waals surface area contributed by atoms with Crippen molar-refractivity contribution in [1.29, 1.82) is 0 Å². The van der Waals surface area contributed by atoms with Crippen LogP contribution < -0.4 is 4.90 Å². The van der Waals surface area contributed by atoms with Gasteiger partial charge >= 0.3 is 0 Å². The number of hydrogen-bond acceptors (Lipinski definition) is 4. The molecule has 4 heteroatoms. The zero-order chi connectivity index (χ0) is 14.7. The van der Waals surface area contributed by atoms with Crippen molar-refractivity contribution in [3.63, 3.8) is 0 Å². The molecule has 4 nitrogen and oxygen atoms in total. The fourth-order valence-corrected chi connectivity index (χ4v) is 2.81. The standard InChI is InChI=1S/C17H22N4/c1-14(2)20-8-10-21(11-9-20)16-5-3-4-15(12-16)17-13-18-6-7-19-17/h3-7,12-14H,8-11H2,1-2H3. The molecule has 0 unspecified atom stereocenters. The summed E-state index contributed by atoms with van der Waals surface area (Å²) in [6, 6.07) is 9.24. The summed E-state index contributed by atoms with van der Waals surface area (Å²) < 4.78 is 0. The average molecular weight is 282 g/mol. The smallest absolute Gasteiger partial charge is 0.0885 e. The van der Waals surface area contributed by atoms with Gasteiger partial charge in [-0.15, -0.1) is 0 Å². The number of benzene rings is 1. The van der Waals surface area contributed by atoms with Crippen LogP contribution in [0.3, 0.4) is 0 Å². The maximum absolute atomic E-state index is 4.38. The maximum Gasteiger partial charge on any atom is 0.0885 e. The van der Waals surface area contributed by atoms with Gasteiger partial charge in [0.15, 0.2) is 0 Å². The summed E-state index contributed by atoms with van der Waals surface area (Å²) in [5, 5.41) is 0. The third kappa shape index (κ3) is 3.22. The van der Waals surface area contributed by atoms with Crippen molar-refractivity contribution in [1.82, 2.24) is 14.9 Å². The molecule has 1 saturated heterocycles. The monoisotopic (exact) mass is 282 g/mol. The predicted octanol–water partition coefficient (Wildman–Crippen LogP) is 2.67. The van der Waals surface area contributed by atoms with E-state index in [0.717, 1.165) is 37.4 Å². The lowest BCUT2D eigenvalue weighted by molar-refractivity contribution is 0.209. The molecule has 1 aliphatic rings. The largest absolute Gasteiger partial charge is 0.369 e. The van der Waals surface area contributed by atoms with Crippen LogP contribution in [0.2, 0.25) is 0 Å². The minimum Gasteiger partial charge on any atom is -0.369 e. The molecule has 0 atom stereocenters. The van der Waals surface area contributed by atoms with E-state index in [1.54, 1.807) is 12.4 Å². The Hall–Kier alpha value is -1.94. The highest BCUT2D eigenvalue weighted by Crippen LogP contribution is 2.24. The van der Waals surface area contributed by atoms with Crippen LogP contribution >= 0.6 is 0 Å². The molecule has 21 heavy (non-hydrogen) atoms. The van der Waals surface area contributed by atoms with Crippen molar-refractivity contribution in [2.45, 2.75) is 19.9 Å². The minimum absolute atomic E-state index is 0.637. The molecule has 2 aromatic rings. The highest BCUT2D eigenvalue weighted by molar-refractivity contribution is 5.65. The van der Waals surface area contributed by atoms with Gasteiger partial charge in [-0.2, -0.15) is 0 Å². The second-order valence-corrected chi connectivity index (χ2v) is 5.76. The maximum atomic E-state index is 4.38. The number of hydrogen-bond donors (Lipinski definition) is 0. The van der Waals surface area contributed by atoms with E-state index in [4.69, 9.17) is 0 Å². The second-order valence-electron chi connectivity index (χ2n) is 5.76. The quantitative estimate of drug-likeness (QED) is 0.866. The molecule has 0 saturated carbocycles. The summed E-state index contributed by atoms with van der Waals surface area (Å²) in [6.45, 7) is 8.97. The first kappa shape index (κ1) is 14.0. The Labute approximate surface area is 126 Å². The molecule has 0 spiro atoms. The van der Waals surface area contributed by atoms with Gasteiger partial charge in [-0.3, -0.25) is 14.9 Å². The highest BCUT2D eigenvalue weighted by Gasteiger charge is 2.19. The first-order chi connectivity index (χ1) is 10.2. The summed E-state index contributed by atoms with van der Waals surface area (Å²) in [5.41, 5.74) is 3.34. The van der Waals surface area contributed by atoms with Gasteiger partial charge in [0.2, 0.25) is 0 Å². The van der Waals surface area contributed by atoms with E-state index in [2.05, 4.69) is 57.9 Å². The van der Waals surface area contributed by atoms with Gasteiger partial charge in [0, 0.05) is 55.9 Å². The lowest BCUT2D eigenvalue weighted by Crippen LogP contribution is -2.48. The lowest BCUT2D eigenvalue weighted by atomic mass is 10.1. The first-order valence-electron chi connectivity index (χ1n) is 7.59. The van der Waals surface area contributed by atoms with Gasteiger partial charge < -0.3 is 4.90 Å². The van der Waals surface area contributed by atoms with Crippen molar-refractivity contribution in [3.05, 3.63) is 42.9 Å². The third-order valence-corrected chi connectivity index (χ3v) is 4.11. The molecule has 110 valence electrons. The molecule has 0 N–H and O–H groups in total. The fourth-order valence-electron chi connectivity index (χ4n) is 2.81. The molecule has 1 fully saturated rings. The van der Waals surface area contributed by atoms with Gasteiger partial charge in [-0.05, 0) is 26.0 Å². The van der Waals surface area contributed by atoms with Gasteiger partial charge in [0.05, 0.1) is 11.9 Å². The lowest BCUT2D eigenvalue weighted by Gasteiger charge is -2.38. The summed E-state index contributed by atoms with van der Waals surface area (Å²) in [5.74, 6) is 0. The normalized spacial score (nSPS) is 16.4. The van der Waals surface area contributed by atoms with Crippen molar-refractivity contribution >= 4 is 5.69 Å². The second kappa shape index (κ2) is 6.22.